The molecule has 102 valence electrons. The average molecular weight is 266 g/mol. The highest BCUT2D eigenvalue weighted by Gasteiger charge is 2.16. The summed E-state index contributed by atoms with van der Waals surface area (Å²) in [5.41, 5.74) is 2.26. The molecule has 1 saturated heterocycles. The van der Waals surface area contributed by atoms with Crippen LogP contribution in [-0.2, 0) is 0 Å². The molecule has 20 heavy (non-hydrogen) atoms. The van der Waals surface area contributed by atoms with Crippen LogP contribution in [0.1, 0.15) is 6.42 Å². The van der Waals surface area contributed by atoms with Crippen molar-refractivity contribution in [1.29, 1.82) is 0 Å². The van der Waals surface area contributed by atoms with Crippen LogP contribution in [0.15, 0.2) is 36.5 Å². The summed E-state index contributed by atoms with van der Waals surface area (Å²) in [6, 6.07) is 10.5. The predicted molar refractivity (Wildman–Crippen MR) is 83.3 cm³/mol. The van der Waals surface area contributed by atoms with Crippen molar-refractivity contribution in [3.63, 3.8) is 0 Å². The largest absolute Gasteiger partial charge is 0.361 e. The molecule has 2 aromatic heterocycles. The molecule has 4 rings (SSSR count). The Morgan fingerprint density at radius 1 is 1.00 bits per heavy atom. The zero-order valence-electron chi connectivity index (χ0n) is 11.4. The van der Waals surface area contributed by atoms with E-state index < -0.39 is 0 Å². The van der Waals surface area contributed by atoms with E-state index in [9.17, 15) is 0 Å². The third-order valence-electron chi connectivity index (χ3n) is 4.03. The summed E-state index contributed by atoms with van der Waals surface area (Å²) in [5.74, 6) is 1.11. The first-order valence-corrected chi connectivity index (χ1v) is 7.25. The van der Waals surface area contributed by atoms with Crippen molar-refractivity contribution >= 4 is 27.6 Å². The van der Waals surface area contributed by atoms with Gasteiger partial charge < -0.3 is 15.2 Å². The van der Waals surface area contributed by atoms with Crippen LogP contribution >= 0.6 is 0 Å². The first kappa shape index (κ1) is 11.7. The van der Waals surface area contributed by atoms with Gasteiger partial charge in [-0.2, -0.15) is 0 Å². The molecule has 1 aromatic carbocycles. The zero-order valence-corrected chi connectivity index (χ0v) is 11.4. The lowest BCUT2D eigenvalue weighted by Gasteiger charge is -2.22. The summed E-state index contributed by atoms with van der Waals surface area (Å²) < 4.78 is 0. The fourth-order valence-electron chi connectivity index (χ4n) is 3.03. The molecule has 0 spiro atoms. The Hall–Kier alpha value is -2.07. The Morgan fingerprint density at radius 3 is 2.95 bits per heavy atom. The lowest BCUT2D eigenvalue weighted by molar-refractivity contribution is 0.724. The van der Waals surface area contributed by atoms with Gasteiger partial charge in [-0.1, -0.05) is 18.2 Å². The smallest absolute Gasteiger partial charge is 0.138 e. The first-order chi connectivity index (χ1) is 9.93. The van der Waals surface area contributed by atoms with Gasteiger partial charge >= 0.3 is 0 Å². The molecular weight excluding hydrogens is 248 g/mol. The SMILES string of the molecule is c1ccc2c(c1)nc(N1CCCNCC1)c1cc[nH]c12. The van der Waals surface area contributed by atoms with E-state index >= 15 is 0 Å². The summed E-state index contributed by atoms with van der Waals surface area (Å²) in [6.07, 6.45) is 3.18. The molecule has 1 aliphatic rings. The number of fused-ring (bicyclic) bond motifs is 3. The van der Waals surface area contributed by atoms with Crippen molar-refractivity contribution < 1.29 is 0 Å². The maximum atomic E-state index is 4.92. The summed E-state index contributed by atoms with van der Waals surface area (Å²) >= 11 is 0. The fraction of sp³-hybridized carbons (Fsp3) is 0.312. The van der Waals surface area contributed by atoms with Crippen LogP contribution < -0.4 is 10.2 Å². The minimum atomic E-state index is 1.02. The molecule has 0 saturated carbocycles. The zero-order chi connectivity index (χ0) is 13.4. The summed E-state index contributed by atoms with van der Waals surface area (Å²) in [5, 5.41) is 5.87. The van der Waals surface area contributed by atoms with Crippen molar-refractivity contribution in [3.05, 3.63) is 36.5 Å². The Morgan fingerprint density at radius 2 is 1.95 bits per heavy atom. The van der Waals surface area contributed by atoms with Gasteiger partial charge in [0.25, 0.3) is 0 Å². The number of pyridine rings is 1. The standard InChI is InChI=1S/C16H18N4/c1-2-5-14-12(4-1)15-13(6-8-18-15)16(19-14)20-10-3-7-17-9-11-20/h1-2,4-6,8,17-18H,3,7,9-11H2. The molecule has 1 fully saturated rings. The molecule has 0 amide bonds. The summed E-state index contributed by atoms with van der Waals surface area (Å²) in [6.45, 7) is 4.21. The van der Waals surface area contributed by atoms with Gasteiger partial charge in [0.1, 0.15) is 5.82 Å². The number of benzene rings is 1. The first-order valence-electron chi connectivity index (χ1n) is 7.25. The second-order valence-electron chi connectivity index (χ2n) is 5.31. The lowest BCUT2D eigenvalue weighted by atomic mass is 10.1. The molecule has 4 heteroatoms. The van der Waals surface area contributed by atoms with Crippen molar-refractivity contribution in [3.8, 4) is 0 Å². The molecule has 0 radical (unpaired) electrons. The van der Waals surface area contributed by atoms with E-state index in [1.165, 1.54) is 22.7 Å². The molecule has 4 nitrogen and oxygen atoms in total. The fourth-order valence-corrected chi connectivity index (χ4v) is 3.03. The van der Waals surface area contributed by atoms with Crippen molar-refractivity contribution in [2.24, 2.45) is 0 Å². The van der Waals surface area contributed by atoms with Crippen LogP contribution in [0.25, 0.3) is 21.8 Å². The van der Waals surface area contributed by atoms with E-state index in [-0.39, 0.29) is 0 Å². The number of aromatic amines is 1. The van der Waals surface area contributed by atoms with E-state index in [4.69, 9.17) is 4.98 Å². The number of hydrogen-bond acceptors (Lipinski definition) is 3. The second kappa shape index (κ2) is 4.80. The van der Waals surface area contributed by atoms with Crippen LogP contribution in [-0.4, -0.2) is 36.1 Å². The van der Waals surface area contributed by atoms with Crippen LogP contribution in [0, 0.1) is 0 Å². The van der Waals surface area contributed by atoms with E-state index in [1.807, 2.05) is 6.20 Å². The third-order valence-corrected chi connectivity index (χ3v) is 4.03. The number of anilines is 1. The molecule has 0 atom stereocenters. The van der Waals surface area contributed by atoms with Gasteiger partial charge in [-0.3, -0.25) is 0 Å². The van der Waals surface area contributed by atoms with Gasteiger partial charge in [0.15, 0.2) is 0 Å². The number of H-pyrrole nitrogens is 1. The van der Waals surface area contributed by atoms with Gasteiger partial charge in [-0.05, 0) is 25.1 Å². The highest BCUT2D eigenvalue weighted by atomic mass is 15.2. The molecular formula is C16H18N4. The molecule has 0 aliphatic carbocycles. The van der Waals surface area contributed by atoms with E-state index in [2.05, 4.69) is 45.5 Å². The highest BCUT2D eigenvalue weighted by molar-refractivity contribution is 6.08. The van der Waals surface area contributed by atoms with E-state index in [0.29, 0.717) is 0 Å². The Labute approximate surface area is 117 Å². The lowest BCUT2D eigenvalue weighted by Crippen LogP contribution is -2.28. The average Bonchev–Trinajstić information content (AvgIpc) is 2.82. The summed E-state index contributed by atoms with van der Waals surface area (Å²) in [4.78, 5) is 10.7. The van der Waals surface area contributed by atoms with Crippen LogP contribution in [0.3, 0.4) is 0 Å². The minimum absolute atomic E-state index is 1.02. The van der Waals surface area contributed by atoms with E-state index in [0.717, 1.165) is 37.5 Å². The number of rotatable bonds is 1. The van der Waals surface area contributed by atoms with Gasteiger partial charge in [0, 0.05) is 36.6 Å². The maximum absolute atomic E-state index is 4.92. The molecule has 1 aliphatic heterocycles. The van der Waals surface area contributed by atoms with Crippen molar-refractivity contribution in [1.82, 2.24) is 15.3 Å². The minimum Gasteiger partial charge on any atom is -0.361 e. The molecule has 3 heterocycles. The molecule has 3 aromatic rings. The van der Waals surface area contributed by atoms with Crippen molar-refractivity contribution in [2.45, 2.75) is 6.42 Å². The van der Waals surface area contributed by atoms with Gasteiger partial charge in [0.2, 0.25) is 0 Å². The Kier molecular flexibility index (Phi) is 2.81. The number of hydrogen-bond donors (Lipinski definition) is 2. The number of nitrogens with zero attached hydrogens (tertiary/aromatic N) is 2. The topological polar surface area (TPSA) is 44.0 Å². The van der Waals surface area contributed by atoms with Crippen LogP contribution in [0.2, 0.25) is 0 Å². The Bertz CT molecular complexity index is 738. The number of para-hydroxylation sites is 1. The molecule has 0 unspecified atom stereocenters. The van der Waals surface area contributed by atoms with Gasteiger partial charge in [-0.15, -0.1) is 0 Å². The maximum Gasteiger partial charge on any atom is 0.138 e. The molecule has 0 bridgehead atoms. The third kappa shape index (κ3) is 1.84. The molecule has 2 N–H and O–H groups in total. The number of aromatic nitrogens is 2. The summed E-state index contributed by atoms with van der Waals surface area (Å²) in [7, 11) is 0. The van der Waals surface area contributed by atoms with E-state index in [1.54, 1.807) is 0 Å². The monoisotopic (exact) mass is 266 g/mol. The van der Waals surface area contributed by atoms with Crippen LogP contribution in [0.5, 0.6) is 0 Å². The van der Waals surface area contributed by atoms with Gasteiger partial charge in [0.05, 0.1) is 11.0 Å². The predicted octanol–water partition coefficient (Wildman–Crippen LogP) is 2.52. The number of nitrogens with one attached hydrogen (secondary N) is 2. The quantitative estimate of drug-likeness (QED) is 0.711. The van der Waals surface area contributed by atoms with Crippen molar-refractivity contribution in [2.75, 3.05) is 31.1 Å². The van der Waals surface area contributed by atoms with Crippen LogP contribution in [0.4, 0.5) is 5.82 Å². The second-order valence-corrected chi connectivity index (χ2v) is 5.31. The Balaban J connectivity index is 1.94. The highest BCUT2D eigenvalue weighted by Crippen LogP contribution is 2.30. The van der Waals surface area contributed by atoms with Gasteiger partial charge in [-0.25, -0.2) is 4.98 Å². The normalized spacial score (nSPS) is 16.7.